The van der Waals surface area contributed by atoms with Crippen molar-refractivity contribution in [2.75, 3.05) is 19.0 Å². The van der Waals surface area contributed by atoms with Gasteiger partial charge in [-0.25, -0.2) is 9.97 Å². The molecule has 1 rings (SSSR count). The predicted octanol–water partition coefficient (Wildman–Crippen LogP) is 2.57. The number of hydrogen-bond donors (Lipinski definition) is 1. The van der Waals surface area contributed by atoms with Crippen molar-refractivity contribution < 1.29 is 4.74 Å². The van der Waals surface area contributed by atoms with Crippen LogP contribution in [0, 0.1) is 0 Å². The molecular weight excluding hydrogens is 202 g/mol. The van der Waals surface area contributed by atoms with Gasteiger partial charge in [0.25, 0.3) is 0 Å². The number of hydrogen-bond acceptors (Lipinski definition) is 4. The zero-order valence-electron chi connectivity index (χ0n) is 10.6. The van der Waals surface area contributed by atoms with E-state index in [0.29, 0.717) is 0 Å². The molecule has 0 radical (unpaired) electrons. The highest BCUT2D eigenvalue weighted by Crippen LogP contribution is 2.15. The molecule has 1 N–H and O–H groups in total. The van der Waals surface area contributed by atoms with Gasteiger partial charge in [-0.15, -0.1) is 0 Å². The summed E-state index contributed by atoms with van der Waals surface area (Å²) in [6.45, 7) is 7.11. The summed E-state index contributed by atoms with van der Waals surface area (Å²) in [5, 5.41) is 3.28. The molecule has 1 aromatic rings. The van der Waals surface area contributed by atoms with E-state index in [1.165, 1.54) is 0 Å². The lowest BCUT2D eigenvalue weighted by molar-refractivity contribution is 0.112. The first-order valence-corrected chi connectivity index (χ1v) is 5.85. The monoisotopic (exact) mass is 223 g/mol. The van der Waals surface area contributed by atoms with Gasteiger partial charge in [-0.3, -0.25) is 0 Å². The third-order valence-corrected chi connectivity index (χ3v) is 2.43. The molecule has 90 valence electrons. The Kier molecular flexibility index (Phi) is 5.19. The maximum Gasteiger partial charge on any atom is 0.159 e. The van der Waals surface area contributed by atoms with Crippen LogP contribution in [-0.4, -0.2) is 23.6 Å². The molecule has 0 spiro atoms. The van der Waals surface area contributed by atoms with E-state index in [4.69, 9.17) is 4.74 Å². The van der Waals surface area contributed by atoms with Crippen molar-refractivity contribution in [3.63, 3.8) is 0 Å². The Morgan fingerprint density at radius 3 is 2.69 bits per heavy atom. The van der Waals surface area contributed by atoms with Gasteiger partial charge in [-0.05, 0) is 19.8 Å². The second-order valence-corrected chi connectivity index (χ2v) is 3.76. The molecule has 1 unspecified atom stereocenters. The van der Waals surface area contributed by atoms with Crippen molar-refractivity contribution in [3.8, 4) is 0 Å². The summed E-state index contributed by atoms with van der Waals surface area (Å²) in [5.74, 6) is 1.65. The first kappa shape index (κ1) is 12.9. The second kappa shape index (κ2) is 6.43. The highest BCUT2D eigenvalue weighted by atomic mass is 16.5. The van der Waals surface area contributed by atoms with E-state index in [-0.39, 0.29) is 6.10 Å². The molecule has 0 bridgehead atoms. The summed E-state index contributed by atoms with van der Waals surface area (Å²) in [4.78, 5) is 8.90. The molecule has 0 amide bonds. The molecule has 0 aliphatic carbocycles. The Hall–Kier alpha value is -1.16. The van der Waals surface area contributed by atoms with Crippen LogP contribution < -0.4 is 5.32 Å². The molecule has 0 aromatic carbocycles. The van der Waals surface area contributed by atoms with Crippen LogP contribution in [0.3, 0.4) is 0 Å². The van der Waals surface area contributed by atoms with Gasteiger partial charge in [-0.1, -0.05) is 13.8 Å². The molecule has 0 aliphatic heterocycles. The Balaban J connectivity index is 2.91. The normalized spacial score (nSPS) is 12.5. The third kappa shape index (κ3) is 3.45. The van der Waals surface area contributed by atoms with E-state index in [1.807, 2.05) is 13.0 Å². The van der Waals surface area contributed by atoms with Gasteiger partial charge in [0, 0.05) is 25.4 Å². The van der Waals surface area contributed by atoms with Gasteiger partial charge in [0.2, 0.25) is 0 Å². The standard InChI is InChI=1S/C12H21N3O/c1-5-7-13-11-8-10(6-2)14-12(15-11)9(3)16-4/h8-9H,5-7H2,1-4H3,(H,13,14,15). The number of nitrogens with one attached hydrogen (secondary N) is 1. The van der Waals surface area contributed by atoms with Crippen LogP contribution in [0.5, 0.6) is 0 Å². The smallest absolute Gasteiger partial charge is 0.159 e. The zero-order chi connectivity index (χ0) is 12.0. The highest BCUT2D eigenvalue weighted by Gasteiger charge is 2.10. The Morgan fingerprint density at radius 1 is 1.38 bits per heavy atom. The number of methoxy groups -OCH3 is 1. The van der Waals surface area contributed by atoms with Crippen molar-refractivity contribution in [2.24, 2.45) is 0 Å². The summed E-state index contributed by atoms with van der Waals surface area (Å²) in [6.07, 6.45) is 1.93. The first-order valence-electron chi connectivity index (χ1n) is 5.85. The predicted molar refractivity (Wildman–Crippen MR) is 65.6 cm³/mol. The summed E-state index contributed by atoms with van der Waals surface area (Å²) in [7, 11) is 1.67. The number of aromatic nitrogens is 2. The lowest BCUT2D eigenvalue weighted by atomic mass is 10.3. The van der Waals surface area contributed by atoms with Crippen LogP contribution in [-0.2, 0) is 11.2 Å². The van der Waals surface area contributed by atoms with E-state index in [1.54, 1.807) is 7.11 Å². The topological polar surface area (TPSA) is 47.0 Å². The van der Waals surface area contributed by atoms with Crippen molar-refractivity contribution >= 4 is 5.82 Å². The second-order valence-electron chi connectivity index (χ2n) is 3.76. The van der Waals surface area contributed by atoms with E-state index < -0.39 is 0 Å². The van der Waals surface area contributed by atoms with Crippen LogP contribution in [0.4, 0.5) is 5.82 Å². The molecular formula is C12H21N3O. The van der Waals surface area contributed by atoms with Crippen molar-refractivity contribution in [1.29, 1.82) is 0 Å². The fraction of sp³-hybridized carbons (Fsp3) is 0.667. The SMILES string of the molecule is CCCNc1cc(CC)nc(C(C)OC)n1. The molecule has 0 saturated carbocycles. The van der Waals surface area contributed by atoms with Gasteiger partial charge in [-0.2, -0.15) is 0 Å². The van der Waals surface area contributed by atoms with E-state index in [0.717, 1.165) is 36.7 Å². The fourth-order valence-electron chi connectivity index (χ4n) is 1.33. The maximum absolute atomic E-state index is 5.24. The highest BCUT2D eigenvalue weighted by molar-refractivity contribution is 5.36. The van der Waals surface area contributed by atoms with Crippen molar-refractivity contribution in [2.45, 2.75) is 39.7 Å². The summed E-state index contributed by atoms with van der Waals surface area (Å²) in [6, 6.07) is 2.00. The Labute approximate surface area is 97.5 Å². The molecule has 0 fully saturated rings. The number of ether oxygens (including phenoxy) is 1. The van der Waals surface area contributed by atoms with Crippen LogP contribution >= 0.6 is 0 Å². The average molecular weight is 223 g/mol. The molecule has 0 saturated heterocycles. The molecule has 1 atom stereocenters. The van der Waals surface area contributed by atoms with Crippen LogP contribution in [0.25, 0.3) is 0 Å². The van der Waals surface area contributed by atoms with Crippen LogP contribution in [0.2, 0.25) is 0 Å². The molecule has 16 heavy (non-hydrogen) atoms. The molecule has 0 aliphatic rings. The minimum atomic E-state index is -0.0614. The molecule has 1 aromatic heterocycles. The largest absolute Gasteiger partial charge is 0.374 e. The minimum Gasteiger partial charge on any atom is -0.374 e. The van der Waals surface area contributed by atoms with Gasteiger partial charge < -0.3 is 10.1 Å². The van der Waals surface area contributed by atoms with E-state index in [2.05, 4.69) is 29.1 Å². The Morgan fingerprint density at radius 2 is 2.12 bits per heavy atom. The Bertz CT molecular complexity index is 328. The fourth-order valence-corrected chi connectivity index (χ4v) is 1.33. The number of rotatable bonds is 6. The summed E-state index contributed by atoms with van der Waals surface area (Å²) >= 11 is 0. The number of anilines is 1. The van der Waals surface area contributed by atoms with Crippen molar-refractivity contribution in [3.05, 3.63) is 17.6 Å². The van der Waals surface area contributed by atoms with Crippen LogP contribution in [0.15, 0.2) is 6.07 Å². The lowest BCUT2D eigenvalue weighted by Crippen LogP contribution is -2.09. The molecule has 1 heterocycles. The quantitative estimate of drug-likeness (QED) is 0.805. The minimum absolute atomic E-state index is 0.0614. The number of aryl methyl sites for hydroxylation is 1. The van der Waals surface area contributed by atoms with Gasteiger partial charge in [0.05, 0.1) is 0 Å². The third-order valence-electron chi connectivity index (χ3n) is 2.43. The van der Waals surface area contributed by atoms with E-state index >= 15 is 0 Å². The zero-order valence-corrected chi connectivity index (χ0v) is 10.6. The average Bonchev–Trinajstić information content (AvgIpc) is 2.34. The number of nitrogens with zero attached hydrogens (tertiary/aromatic N) is 2. The van der Waals surface area contributed by atoms with Gasteiger partial charge >= 0.3 is 0 Å². The summed E-state index contributed by atoms with van der Waals surface area (Å²) < 4.78 is 5.24. The molecule has 4 heteroatoms. The van der Waals surface area contributed by atoms with Gasteiger partial charge in [0.1, 0.15) is 11.9 Å². The van der Waals surface area contributed by atoms with Crippen molar-refractivity contribution in [1.82, 2.24) is 9.97 Å². The van der Waals surface area contributed by atoms with Crippen LogP contribution in [0.1, 0.15) is 44.8 Å². The summed E-state index contributed by atoms with van der Waals surface area (Å²) in [5.41, 5.74) is 1.05. The van der Waals surface area contributed by atoms with Gasteiger partial charge in [0.15, 0.2) is 5.82 Å². The lowest BCUT2D eigenvalue weighted by Gasteiger charge is -2.12. The maximum atomic E-state index is 5.24. The van der Waals surface area contributed by atoms with E-state index in [9.17, 15) is 0 Å². The first-order chi connectivity index (χ1) is 7.71. The molecule has 4 nitrogen and oxygen atoms in total.